The lowest BCUT2D eigenvalue weighted by atomic mass is 10.1. The van der Waals surface area contributed by atoms with Gasteiger partial charge >= 0.3 is 7.60 Å². The van der Waals surface area contributed by atoms with E-state index < -0.39 is 7.60 Å². The van der Waals surface area contributed by atoms with Gasteiger partial charge in [0.05, 0.1) is 6.16 Å². The van der Waals surface area contributed by atoms with Crippen molar-refractivity contribution in [1.82, 2.24) is 0 Å². The molecule has 0 spiro atoms. The summed E-state index contributed by atoms with van der Waals surface area (Å²) in [5.41, 5.74) is 4.08. The average molecular weight is 367 g/mol. The Labute approximate surface area is 154 Å². The fourth-order valence-corrected chi connectivity index (χ4v) is 3.84. The van der Waals surface area contributed by atoms with Crippen molar-refractivity contribution in [2.75, 3.05) is 19.1 Å². The third kappa shape index (κ3) is 4.23. The van der Waals surface area contributed by atoms with Crippen LogP contribution in [0, 0.1) is 0 Å². The van der Waals surface area contributed by atoms with E-state index in [9.17, 15) is 4.57 Å². The van der Waals surface area contributed by atoms with Gasteiger partial charge < -0.3 is 13.9 Å². The van der Waals surface area contributed by atoms with Crippen LogP contribution in [0.4, 0.5) is 17.1 Å². The van der Waals surface area contributed by atoms with Crippen LogP contribution in [0.15, 0.2) is 84.9 Å². The summed E-state index contributed by atoms with van der Waals surface area (Å²) in [6, 6.07) is 28.3. The van der Waals surface area contributed by atoms with E-state index >= 15 is 0 Å². The van der Waals surface area contributed by atoms with Crippen LogP contribution < -0.4 is 4.90 Å². The van der Waals surface area contributed by atoms with E-state index in [1.54, 1.807) is 0 Å². The first-order valence-corrected chi connectivity index (χ1v) is 10.1. The predicted molar refractivity (Wildman–Crippen MR) is 106 cm³/mol. The molecule has 0 bridgehead atoms. The summed E-state index contributed by atoms with van der Waals surface area (Å²) in [7, 11) is -0.256. The lowest BCUT2D eigenvalue weighted by Gasteiger charge is -2.25. The quantitative estimate of drug-likeness (QED) is 0.470. The summed E-state index contributed by atoms with van der Waals surface area (Å²) in [6.45, 7) is 0. The highest BCUT2D eigenvalue weighted by Crippen LogP contribution is 2.49. The molecule has 0 aliphatic carbocycles. The van der Waals surface area contributed by atoms with Crippen molar-refractivity contribution in [1.29, 1.82) is 0 Å². The Hall–Kier alpha value is -2.39. The molecule has 0 saturated carbocycles. The summed E-state index contributed by atoms with van der Waals surface area (Å²) in [6.07, 6.45) is 0.247. The predicted octanol–water partition coefficient (Wildman–Crippen LogP) is 6.14. The highest BCUT2D eigenvalue weighted by molar-refractivity contribution is 7.52. The Balaban J connectivity index is 1.94. The minimum Gasteiger partial charge on any atom is -0.312 e. The second-order valence-corrected chi connectivity index (χ2v) is 8.08. The third-order valence-electron chi connectivity index (χ3n) is 4.16. The molecule has 0 amide bonds. The van der Waals surface area contributed by atoms with Crippen molar-refractivity contribution in [2.24, 2.45) is 0 Å². The average Bonchev–Trinajstić information content (AvgIpc) is 2.71. The monoisotopic (exact) mass is 367 g/mol. The summed E-state index contributed by atoms with van der Waals surface area (Å²) in [5.74, 6) is 0. The first-order valence-electron chi connectivity index (χ1n) is 8.35. The molecule has 0 atom stereocenters. The summed E-state index contributed by atoms with van der Waals surface area (Å²) < 4.78 is 22.4. The van der Waals surface area contributed by atoms with Crippen molar-refractivity contribution in [3.05, 3.63) is 90.5 Å². The normalized spacial score (nSPS) is 11.3. The summed E-state index contributed by atoms with van der Waals surface area (Å²) >= 11 is 0. The largest absolute Gasteiger partial charge is 0.334 e. The van der Waals surface area contributed by atoms with Gasteiger partial charge in [-0.2, -0.15) is 0 Å². The SMILES string of the molecule is COP(=O)(Cc1ccc(N(c2ccccc2)c2ccccc2)cc1)OC. The molecule has 0 fully saturated rings. The van der Waals surface area contributed by atoms with Crippen LogP contribution in [-0.2, 0) is 19.8 Å². The van der Waals surface area contributed by atoms with Crippen LogP contribution in [0.5, 0.6) is 0 Å². The van der Waals surface area contributed by atoms with Gasteiger partial charge in [0.1, 0.15) is 0 Å². The van der Waals surface area contributed by atoms with E-state index in [0.29, 0.717) is 0 Å². The van der Waals surface area contributed by atoms with Crippen LogP contribution in [-0.4, -0.2) is 14.2 Å². The maximum atomic E-state index is 12.3. The lowest BCUT2D eigenvalue weighted by molar-refractivity contribution is 0.275. The topological polar surface area (TPSA) is 38.8 Å². The van der Waals surface area contributed by atoms with Gasteiger partial charge in [-0.05, 0) is 42.0 Å². The molecule has 3 aromatic rings. The first kappa shape index (κ1) is 18.4. The zero-order valence-electron chi connectivity index (χ0n) is 14.9. The van der Waals surface area contributed by atoms with Crippen molar-refractivity contribution in [2.45, 2.75) is 6.16 Å². The van der Waals surface area contributed by atoms with Gasteiger partial charge in [-0.25, -0.2) is 0 Å². The molecule has 0 N–H and O–H groups in total. The second kappa shape index (κ2) is 8.33. The minimum absolute atomic E-state index is 0.247. The smallest absolute Gasteiger partial charge is 0.312 e. The number of anilines is 3. The molecule has 0 aliphatic rings. The van der Waals surface area contributed by atoms with E-state index in [0.717, 1.165) is 22.6 Å². The van der Waals surface area contributed by atoms with Crippen LogP contribution in [0.3, 0.4) is 0 Å². The summed E-state index contributed by atoms with van der Waals surface area (Å²) in [4.78, 5) is 2.18. The molecule has 0 saturated heterocycles. The van der Waals surface area contributed by atoms with Gasteiger partial charge in [0.25, 0.3) is 0 Å². The fourth-order valence-electron chi connectivity index (χ4n) is 2.78. The van der Waals surface area contributed by atoms with Gasteiger partial charge in [-0.3, -0.25) is 4.57 Å². The zero-order valence-corrected chi connectivity index (χ0v) is 15.8. The van der Waals surface area contributed by atoms with Crippen LogP contribution in [0.1, 0.15) is 5.56 Å². The maximum absolute atomic E-state index is 12.3. The second-order valence-electron chi connectivity index (χ2n) is 5.81. The molecule has 0 heterocycles. The Morgan fingerprint density at radius 1 is 0.692 bits per heavy atom. The van der Waals surface area contributed by atoms with Crippen LogP contribution in [0.2, 0.25) is 0 Å². The Morgan fingerprint density at radius 3 is 1.54 bits per heavy atom. The van der Waals surface area contributed by atoms with Gasteiger partial charge in [0.15, 0.2) is 0 Å². The number of nitrogens with zero attached hydrogens (tertiary/aromatic N) is 1. The molecule has 0 unspecified atom stereocenters. The molecule has 26 heavy (non-hydrogen) atoms. The Kier molecular flexibility index (Phi) is 5.89. The Bertz CT molecular complexity index is 819. The molecule has 3 rings (SSSR count). The molecular weight excluding hydrogens is 345 g/mol. The van der Waals surface area contributed by atoms with Crippen LogP contribution >= 0.6 is 7.60 Å². The van der Waals surface area contributed by atoms with Gasteiger partial charge in [0.2, 0.25) is 0 Å². The highest BCUT2D eigenvalue weighted by Gasteiger charge is 2.21. The molecule has 0 radical (unpaired) electrons. The highest BCUT2D eigenvalue weighted by atomic mass is 31.2. The minimum atomic E-state index is -3.07. The Morgan fingerprint density at radius 2 is 1.12 bits per heavy atom. The molecule has 134 valence electrons. The van der Waals surface area contributed by atoms with Crippen LogP contribution in [0.25, 0.3) is 0 Å². The summed E-state index contributed by atoms with van der Waals surface area (Å²) in [5, 5.41) is 0. The van der Waals surface area contributed by atoms with E-state index in [-0.39, 0.29) is 6.16 Å². The molecule has 0 aromatic heterocycles. The van der Waals surface area contributed by atoms with Crippen molar-refractivity contribution in [3.8, 4) is 0 Å². The lowest BCUT2D eigenvalue weighted by Crippen LogP contribution is -2.09. The van der Waals surface area contributed by atoms with Crippen molar-refractivity contribution in [3.63, 3.8) is 0 Å². The number of hydrogen-bond donors (Lipinski definition) is 0. The van der Waals surface area contributed by atoms with Gasteiger partial charge in [0, 0.05) is 31.3 Å². The number of hydrogen-bond acceptors (Lipinski definition) is 4. The molecule has 4 nitrogen and oxygen atoms in total. The van der Waals surface area contributed by atoms with Gasteiger partial charge in [-0.15, -0.1) is 0 Å². The maximum Gasteiger partial charge on any atom is 0.334 e. The van der Waals surface area contributed by atoms with E-state index in [2.05, 4.69) is 29.2 Å². The van der Waals surface area contributed by atoms with Crippen molar-refractivity contribution < 1.29 is 13.6 Å². The number of benzene rings is 3. The number of para-hydroxylation sites is 2. The molecule has 0 aliphatic heterocycles. The van der Waals surface area contributed by atoms with E-state index in [1.165, 1.54) is 14.2 Å². The number of rotatable bonds is 7. The van der Waals surface area contributed by atoms with E-state index in [4.69, 9.17) is 9.05 Å². The standard InChI is InChI=1S/C21H22NO3P/c1-24-26(23,25-2)17-18-13-15-21(16-14-18)22(19-9-5-3-6-10-19)20-11-7-4-8-12-20/h3-16H,17H2,1-2H3. The van der Waals surface area contributed by atoms with Crippen molar-refractivity contribution >= 4 is 24.7 Å². The molecule has 3 aromatic carbocycles. The van der Waals surface area contributed by atoms with E-state index in [1.807, 2.05) is 60.7 Å². The first-order chi connectivity index (χ1) is 12.6. The third-order valence-corrected chi connectivity index (χ3v) is 6.02. The fraction of sp³-hybridized carbons (Fsp3) is 0.143. The zero-order chi connectivity index (χ0) is 18.4. The molecule has 5 heteroatoms. The van der Waals surface area contributed by atoms with Gasteiger partial charge in [-0.1, -0.05) is 48.5 Å². The molecular formula is C21H22NO3P.